The van der Waals surface area contributed by atoms with Gasteiger partial charge in [-0.15, -0.1) is 11.3 Å². The smallest absolute Gasteiger partial charge is 0.220 e. The number of thiazole rings is 1. The third kappa shape index (κ3) is 4.39. The van der Waals surface area contributed by atoms with Crippen molar-refractivity contribution in [3.8, 4) is 0 Å². The standard InChI is InChI=1S/C17H22N2OS/c1-4-15-16(21-13(3)19-15)11-18-17(20)10-12(2)14-8-6-5-7-9-14/h5-9,12H,4,10-11H2,1-3H3,(H,18,20). The molecule has 2 rings (SSSR count). The first-order chi connectivity index (χ1) is 10.1. The Morgan fingerprint density at radius 2 is 2.05 bits per heavy atom. The summed E-state index contributed by atoms with van der Waals surface area (Å²) >= 11 is 1.67. The Morgan fingerprint density at radius 1 is 1.33 bits per heavy atom. The first-order valence-corrected chi connectivity index (χ1v) is 8.18. The Morgan fingerprint density at radius 3 is 2.71 bits per heavy atom. The number of aryl methyl sites for hydroxylation is 2. The van der Waals surface area contributed by atoms with Crippen molar-refractivity contribution in [2.75, 3.05) is 0 Å². The molecule has 2 aromatic rings. The van der Waals surface area contributed by atoms with Crippen molar-refractivity contribution < 1.29 is 4.79 Å². The van der Waals surface area contributed by atoms with Crippen LogP contribution < -0.4 is 5.32 Å². The molecular formula is C17H22N2OS. The largest absolute Gasteiger partial charge is 0.351 e. The normalized spacial score (nSPS) is 12.1. The molecule has 3 nitrogen and oxygen atoms in total. The first kappa shape index (κ1) is 15.7. The fourth-order valence-electron chi connectivity index (χ4n) is 2.36. The lowest BCUT2D eigenvalue weighted by molar-refractivity contribution is -0.121. The molecule has 0 aliphatic heterocycles. The molecule has 4 heteroatoms. The number of amides is 1. The van der Waals surface area contributed by atoms with Gasteiger partial charge in [0, 0.05) is 11.3 Å². The van der Waals surface area contributed by atoms with Crippen LogP contribution in [0, 0.1) is 6.92 Å². The molecule has 0 saturated carbocycles. The van der Waals surface area contributed by atoms with E-state index in [1.807, 2.05) is 25.1 Å². The van der Waals surface area contributed by atoms with Crippen LogP contribution in [0.1, 0.15) is 47.3 Å². The Bertz CT molecular complexity index is 592. The maximum atomic E-state index is 12.1. The van der Waals surface area contributed by atoms with E-state index in [0.29, 0.717) is 13.0 Å². The molecule has 0 spiro atoms. The fourth-order valence-corrected chi connectivity index (χ4v) is 3.32. The minimum absolute atomic E-state index is 0.0967. The summed E-state index contributed by atoms with van der Waals surface area (Å²) in [5, 5.41) is 4.08. The van der Waals surface area contributed by atoms with Crippen molar-refractivity contribution in [1.82, 2.24) is 10.3 Å². The highest BCUT2D eigenvalue weighted by atomic mass is 32.1. The summed E-state index contributed by atoms with van der Waals surface area (Å²) < 4.78 is 0. The molecule has 1 aromatic heterocycles. The Labute approximate surface area is 130 Å². The monoisotopic (exact) mass is 302 g/mol. The van der Waals surface area contributed by atoms with Gasteiger partial charge in [-0.1, -0.05) is 44.2 Å². The summed E-state index contributed by atoms with van der Waals surface area (Å²) in [5.41, 5.74) is 2.31. The van der Waals surface area contributed by atoms with Crippen molar-refractivity contribution >= 4 is 17.2 Å². The van der Waals surface area contributed by atoms with Gasteiger partial charge in [-0.3, -0.25) is 4.79 Å². The number of hydrogen-bond acceptors (Lipinski definition) is 3. The predicted molar refractivity (Wildman–Crippen MR) is 87.5 cm³/mol. The Balaban J connectivity index is 1.87. The molecule has 1 atom stereocenters. The first-order valence-electron chi connectivity index (χ1n) is 7.37. The number of benzene rings is 1. The lowest BCUT2D eigenvalue weighted by Crippen LogP contribution is -2.24. The molecule has 1 unspecified atom stereocenters. The number of rotatable bonds is 6. The predicted octanol–water partition coefficient (Wildman–Crippen LogP) is 3.82. The molecular weight excluding hydrogens is 280 g/mol. The molecule has 0 saturated heterocycles. The number of nitrogens with zero attached hydrogens (tertiary/aromatic N) is 1. The summed E-state index contributed by atoms with van der Waals surface area (Å²) in [5.74, 6) is 0.333. The highest BCUT2D eigenvalue weighted by molar-refractivity contribution is 7.11. The Hall–Kier alpha value is -1.68. The minimum atomic E-state index is 0.0967. The summed E-state index contributed by atoms with van der Waals surface area (Å²) in [6, 6.07) is 10.2. The van der Waals surface area contributed by atoms with Crippen LogP contribution in [0.5, 0.6) is 0 Å². The van der Waals surface area contributed by atoms with Gasteiger partial charge >= 0.3 is 0 Å². The second kappa shape index (κ2) is 7.36. The molecule has 1 heterocycles. The topological polar surface area (TPSA) is 42.0 Å². The van der Waals surface area contributed by atoms with E-state index in [0.717, 1.165) is 17.1 Å². The van der Waals surface area contributed by atoms with E-state index in [1.165, 1.54) is 10.4 Å². The minimum Gasteiger partial charge on any atom is -0.351 e. The van der Waals surface area contributed by atoms with Crippen molar-refractivity contribution in [3.63, 3.8) is 0 Å². The average Bonchev–Trinajstić information content (AvgIpc) is 2.86. The van der Waals surface area contributed by atoms with Crippen LogP contribution >= 0.6 is 11.3 Å². The SMILES string of the molecule is CCc1nc(C)sc1CNC(=O)CC(C)c1ccccc1. The maximum Gasteiger partial charge on any atom is 0.220 e. The molecule has 1 amide bonds. The van der Waals surface area contributed by atoms with Crippen LogP contribution in [0.25, 0.3) is 0 Å². The zero-order valence-corrected chi connectivity index (χ0v) is 13.7. The second-order valence-corrected chi connectivity index (χ2v) is 6.54. The number of aromatic nitrogens is 1. The number of carbonyl (C=O) groups excluding carboxylic acids is 1. The molecule has 0 bridgehead atoms. The van der Waals surface area contributed by atoms with Gasteiger partial charge < -0.3 is 5.32 Å². The zero-order valence-electron chi connectivity index (χ0n) is 12.8. The molecule has 0 fully saturated rings. The lowest BCUT2D eigenvalue weighted by atomic mass is 9.98. The molecule has 1 aromatic carbocycles. The van der Waals surface area contributed by atoms with E-state index in [-0.39, 0.29) is 11.8 Å². The van der Waals surface area contributed by atoms with Crippen LogP contribution in [0.15, 0.2) is 30.3 Å². The van der Waals surface area contributed by atoms with Crippen LogP contribution in [-0.2, 0) is 17.8 Å². The second-order valence-electron chi connectivity index (χ2n) is 5.25. The number of carbonyl (C=O) groups is 1. The van der Waals surface area contributed by atoms with Gasteiger partial charge in [-0.2, -0.15) is 0 Å². The van der Waals surface area contributed by atoms with E-state index >= 15 is 0 Å². The molecule has 0 aliphatic rings. The average molecular weight is 302 g/mol. The lowest BCUT2D eigenvalue weighted by Gasteiger charge is -2.11. The molecule has 1 N–H and O–H groups in total. The molecule has 0 radical (unpaired) electrons. The highest BCUT2D eigenvalue weighted by Gasteiger charge is 2.12. The summed E-state index contributed by atoms with van der Waals surface area (Å²) in [6.07, 6.45) is 1.43. The van der Waals surface area contributed by atoms with Crippen molar-refractivity contribution in [1.29, 1.82) is 0 Å². The van der Waals surface area contributed by atoms with Crippen molar-refractivity contribution in [2.24, 2.45) is 0 Å². The quantitative estimate of drug-likeness (QED) is 0.881. The highest BCUT2D eigenvalue weighted by Crippen LogP contribution is 2.20. The van der Waals surface area contributed by atoms with Gasteiger partial charge in [0.15, 0.2) is 0 Å². The summed E-state index contributed by atoms with van der Waals surface area (Å²) in [4.78, 5) is 17.7. The summed E-state index contributed by atoms with van der Waals surface area (Å²) in [6.45, 7) is 6.78. The van der Waals surface area contributed by atoms with Gasteiger partial charge in [0.2, 0.25) is 5.91 Å². The van der Waals surface area contributed by atoms with E-state index in [4.69, 9.17) is 0 Å². The van der Waals surface area contributed by atoms with Crippen molar-refractivity contribution in [3.05, 3.63) is 51.5 Å². The fraction of sp³-hybridized carbons (Fsp3) is 0.412. The van der Waals surface area contributed by atoms with Gasteiger partial charge in [-0.05, 0) is 24.8 Å². The van der Waals surface area contributed by atoms with E-state index in [2.05, 4.69) is 36.3 Å². The van der Waals surface area contributed by atoms with E-state index in [9.17, 15) is 4.79 Å². The summed E-state index contributed by atoms with van der Waals surface area (Å²) in [7, 11) is 0. The van der Waals surface area contributed by atoms with E-state index in [1.54, 1.807) is 11.3 Å². The van der Waals surface area contributed by atoms with Crippen LogP contribution in [-0.4, -0.2) is 10.9 Å². The molecule has 0 aliphatic carbocycles. The van der Waals surface area contributed by atoms with Gasteiger partial charge in [-0.25, -0.2) is 4.98 Å². The molecule has 21 heavy (non-hydrogen) atoms. The van der Waals surface area contributed by atoms with Crippen LogP contribution in [0.2, 0.25) is 0 Å². The van der Waals surface area contributed by atoms with Crippen LogP contribution in [0.3, 0.4) is 0 Å². The van der Waals surface area contributed by atoms with Crippen molar-refractivity contribution in [2.45, 2.75) is 46.1 Å². The third-order valence-electron chi connectivity index (χ3n) is 3.53. The number of nitrogens with one attached hydrogen (secondary N) is 1. The van der Waals surface area contributed by atoms with Gasteiger partial charge in [0.25, 0.3) is 0 Å². The number of hydrogen-bond donors (Lipinski definition) is 1. The molecule has 112 valence electrons. The van der Waals surface area contributed by atoms with Gasteiger partial charge in [0.1, 0.15) is 0 Å². The Kier molecular flexibility index (Phi) is 5.51. The van der Waals surface area contributed by atoms with E-state index < -0.39 is 0 Å². The maximum absolute atomic E-state index is 12.1. The van der Waals surface area contributed by atoms with Crippen LogP contribution in [0.4, 0.5) is 0 Å². The zero-order chi connectivity index (χ0) is 15.2. The van der Waals surface area contributed by atoms with Gasteiger partial charge in [0.05, 0.1) is 17.2 Å². The third-order valence-corrected chi connectivity index (χ3v) is 4.54.